The molecule has 244 valence electrons. The van der Waals surface area contributed by atoms with Crippen LogP contribution in [0.25, 0.3) is 89.4 Å². The standard InChI is InChI=1S/C49H33N3/c1-4-15-34(16-5-1)38-23-12-25-41(31-38)47-50-48(52-49(51-47)45-28-14-22-36-21-10-11-27-43(36)45)42-26-13-24-40(32-42)44-30-29-39(35-17-6-2-7-18-35)33-46(44)37-19-8-3-9-20-37/h1-33H. The van der Waals surface area contributed by atoms with Crippen molar-refractivity contribution in [3.63, 3.8) is 0 Å². The van der Waals surface area contributed by atoms with E-state index in [1.807, 2.05) is 6.07 Å². The van der Waals surface area contributed by atoms with Crippen LogP contribution in [0.3, 0.4) is 0 Å². The van der Waals surface area contributed by atoms with Gasteiger partial charge in [0.2, 0.25) is 0 Å². The Bertz CT molecular complexity index is 2660. The van der Waals surface area contributed by atoms with Crippen LogP contribution >= 0.6 is 0 Å². The molecule has 0 aliphatic heterocycles. The van der Waals surface area contributed by atoms with Crippen LogP contribution in [0.2, 0.25) is 0 Å². The molecule has 52 heavy (non-hydrogen) atoms. The molecule has 0 spiro atoms. The lowest BCUT2D eigenvalue weighted by Gasteiger charge is -2.15. The van der Waals surface area contributed by atoms with Crippen molar-refractivity contribution < 1.29 is 0 Å². The highest BCUT2D eigenvalue weighted by atomic mass is 15.0. The molecule has 0 bridgehead atoms. The van der Waals surface area contributed by atoms with Crippen molar-refractivity contribution in [3.8, 4) is 78.7 Å². The van der Waals surface area contributed by atoms with Gasteiger partial charge in [-0.05, 0) is 73.5 Å². The van der Waals surface area contributed by atoms with Crippen molar-refractivity contribution in [2.75, 3.05) is 0 Å². The minimum absolute atomic E-state index is 0.627. The Morgan fingerprint density at radius 1 is 0.231 bits per heavy atom. The highest BCUT2D eigenvalue weighted by Gasteiger charge is 2.17. The lowest BCUT2D eigenvalue weighted by Crippen LogP contribution is -2.01. The summed E-state index contributed by atoms with van der Waals surface area (Å²) >= 11 is 0. The zero-order valence-corrected chi connectivity index (χ0v) is 28.4. The Hall–Kier alpha value is -6.97. The van der Waals surface area contributed by atoms with Gasteiger partial charge in [0.25, 0.3) is 0 Å². The molecular weight excluding hydrogens is 631 g/mol. The summed E-state index contributed by atoms with van der Waals surface area (Å²) in [7, 11) is 0. The monoisotopic (exact) mass is 663 g/mol. The van der Waals surface area contributed by atoms with Crippen molar-refractivity contribution >= 4 is 10.8 Å². The van der Waals surface area contributed by atoms with E-state index in [0.717, 1.165) is 49.7 Å². The zero-order chi connectivity index (χ0) is 34.7. The maximum absolute atomic E-state index is 5.18. The second-order valence-electron chi connectivity index (χ2n) is 12.9. The summed E-state index contributed by atoms with van der Waals surface area (Å²) in [5.74, 6) is 1.90. The summed E-state index contributed by atoms with van der Waals surface area (Å²) in [6.45, 7) is 0. The van der Waals surface area contributed by atoms with Gasteiger partial charge in [0.05, 0.1) is 0 Å². The number of aromatic nitrogens is 3. The van der Waals surface area contributed by atoms with Gasteiger partial charge in [-0.1, -0.05) is 182 Å². The Labute approximate surface area is 303 Å². The highest BCUT2D eigenvalue weighted by molar-refractivity contribution is 5.95. The molecule has 9 rings (SSSR count). The summed E-state index contributed by atoms with van der Waals surface area (Å²) in [5.41, 5.74) is 12.0. The molecule has 1 heterocycles. The lowest BCUT2D eigenvalue weighted by molar-refractivity contribution is 1.08. The first-order valence-corrected chi connectivity index (χ1v) is 17.5. The van der Waals surface area contributed by atoms with E-state index in [2.05, 4.69) is 194 Å². The Morgan fingerprint density at radius 2 is 0.692 bits per heavy atom. The zero-order valence-electron chi connectivity index (χ0n) is 28.4. The maximum atomic E-state index is 5.18. The largest absolute Gasteiger partial charge is 0.208 e. The number of hydrogen-bond donors (Lipinski definition) is 0. The second kappa shape index (κ2) is 13.7. The molecule has 0 N–H and O–H groups in total. The molecule has 8 aromatic carbocycles. The van der Waals surface area contributed by atoms with Crippen LogP contribution in [-0.4, -0.2) is 15.0 Å². The van der Waals surface area contributed by atoms with Gasteiger partial charge in [0.1, 0.15) is 0 Å². The molecule has 1 aromatic heterocycles. The minimum atomic E-state index is 0.627. The number of hydrogen-bond acceptors (Lipinski definition) is 3. The smallest absolute Gasteiger partial charge is 0.164 e. The Balaban J connectivity index is 1.21. The molecule has 0 fully saturated rings. The molecule has 3 heteroatoms. The number of nitrogens with zero attached hydrogens (tertiary/aromatic N) is 3. The summed E-state index contributed by atoms with van der Waals surface area (Å²) in [6, 6.07) is 70.0. The molecule has 9 aromatic rings. The van der Waals surface area contributed by atoms with E-state index in [4.69, 9.17) is 15.0 Å². The quantitative estimate of drug-likeness (QED) is 0.170. The van der Waals surface area contributed by atoms with Crippen molar-refractivity contribution in [3.05, 3.63) is 200 Å². The predicted octanol–water partition coefficient (Wildman–Crippen LogP) is 12.7. The molecule has 0 aliphatic rings. The van der Waals surface area contributed by atoms with Crippen molar-refractivity contribution in [1.29, 1.82) is 0 Å². The van der Waals surface area contributed by atoms with Crippen molar-refractivity contribution in [2.24, 2.45) is 0 Å². The van der Waals surface area contributed by atoms with Gasteiger partial charge < -0.3 is 0 Å². The van der Waals surface area contributed by atoms with Gasteiger partial charge in [-0.2, -0.15) is 0 Å². The van der Waals surface area contributed by atoms with Crippen LogP contribution in [0.4, 0.5) is 0 Å². The Kier molecular flexibility index (Phi) is 8.20. The normalized spacial score (nSPS) is 11.1. The minimum Gasteiger partial charge on any atom is -0.208 e. The molecule has 3 nitrogen and oxygen atoms in total. The summed E-state index contributed by atoms with van der Waals surface area (Å²) in [6.07, 6.45) is 0. The Morgan fingerprint density at radius 3 is 1.37 bits per heavy atom. The van der Waals surface area contributed by atoms with E-state index >= 15 is 0 Å². The van der Waals surface area contributed by atoms with E-state index in [9.17, 15) is 0 Å². The van der Waals surface area contributed by atoms with Crippen LogP contribution in [0, 0.1) is 0 Å². The summed E-state index contributed by atoms with van der Waals surface area (Å²) in [4.78, 5) is 15.5. The molecule has 0 aliphatic carbocycles. The first-order valence-electron chi connectivity index (χ1n) is 17.5. The fraction of sp³-hybridized carbons (Fsp3) is 0. The summed E-state index contributed by atoms with van der Waals surface area (Å²) < 4.78 is 0. The van der Waals surface area contributed by atoms with Gasteiger partial charge in [-0.15, -0.1) is 0 Å². The first-order chi connectivity index (χ1) is 25.8. The highest BCUT2D eigenvalue weighted by Crippen LogP contribution is 2.38. The average Bonchev–Trinajstić information content (AvgIpc) is 3.24. The van der Waals surface area contributed by atoms with Gasteiger partial charge in [-0.25, -0.2) is 15.0 Å². The van der Waals surface area contributed by atoms with E-state index in [0.29, 0.717) is 17.5 Å². The third kappa shape index (κ3) is 6.17. The van der Waals surface area contributed by atoms with Crippen molar-refractivity contribution in [2.45, 2.75) is 0 Å². The van der Waals surface area contributed by atoms with Crippen molar-refractivity contribution in [1.82, 2.24) is 15.0 Å². The topological polar surface area (TPSA) is 38.7 Å². The van der Waals surface area contributed by atoms with E-state index < -0.39 is 0 Å². The summed E-state index contributed by atoms with van der Waals surface area (Å²) in [5, 5.41) is 2.25. The SMILES string of the molecule is c1ccc(-c2cccc(-c3nc(-c4cccc(-c5ccc(-c6ccccc6)cc5-c5ccccc5)c4)nc(-c4cccc5ccccc45)n3)c2)cc1. The predicted molar refractivity (Wildman–Crippen MR) is 215 cm³/mol. The molecule has 0 unspecified atom stereocenters. The van der Waals surface area contributed by atoms with E-state index in [1.165, 1.54) is 22.3 Å². The third-order valence-corrected chi connectivity index (χ3v) is 9.54. The van der Waals surface area contributed by atoms with Crippen LogP contribution < -0.4 is 0 Å². The second-order valence-corrected chi connectivity index (χ2v) is 12.9. The van der Waals surface area contributed by atoms with Crippen LogP contribution in [0.1, 0.15) is 0 Å². The van der Waals surface area contributed by atoms with Crippen LogP contribution in [0.5, 0.6) is 0 Å². The lowest BCUT2D eigenvalue weighted by atomic mass is 9.90. The number of benzene rings is 8. The average molecular weight is 664 g/mol. The molecule has 0 atom stereocenters. The molecule has 0 radical (unpaired) electrons. The fourth-order valence-electron chi connectivity index (χ4n) is 6.93. The number of rotatable bonds is 7. The van der Waals surface area contributed by atoms with E-state index in [1.54, 1.807) is 0 Å². The van der Waals surface area contributed by atoms with Crippen LogP contribution in [-0.2, 0) is 0 Å². The molecule has 0 saturated heterocycles. The van der Waals surface area contributed by atoms with Crippen LogP contribution in [0.15, 0.2) is 200 Å². The third-order valence-electron chi connectivity index (χ3n) is 9.54. The van der Waals surface area contributed by atoms with Gasteiger partial charge in [-0.3, -0.25) is 0 Å². The molecular formula is C49H33N3. The first kappa shape index (κ1) is 31.0. The van der Waals surface area contributed by atoms with Gasteiger partial charge in [0, 0.05) is 16.7 Å². The molecule has 0 amide bonds. The number of fused-ring (bicyclic) bond motifs is 1. The molecule has 0 saturated carbocycles. The maximum Gasteiger partial charge on any atom is 0.164 e. The fourth-order valence-corrected chi connectivity index (χ4v) is 6.93. The van der Waals surface area contributed by atoms with Gasteiger partial charge >= 0.3 is 0 Å². The van der Waals surface area contributed by atoms with E-state index in [-0.39, 0.29) is 0 Å². The van der Waals surface area contributed by atoms with Gasteiger partial charge in [0.15, 0.2) is 17.5 Å².